The van der Waals surface area contributed by atoms with E-state index in [1.54, 1.807) is 16.4 Å². The maximum absolute atomic E-state index is 12.4. The van der Waals surface area contributed by atoms with E-state index in [9.17, 15) is 8.42 Å². The van der Waals surface area contributed by atoms with Gasteiger partial charge in [0.2, 0.25) is 0 Å². The molecule has 1 spiro atoms. The summed E-state index contributed by atoms with van der Waals surface area (Å²) >= 11 is 1.31. The molecule has 2 aliphatic heterocycles. The third-order valence-corrected chi connectivity index (χ3v) is 7.37. The van der Waals surface area contributed by atoms with Crippen molar-refractivity contribution in [1.29, 1.82) is 0 Å². The predicted octanol–water partition coefficient (Wildman–Crippen LogP) is 1.93. The zero-order chi connectivity index (χ0) is 12.6. The molecule has 4 nitrogen and oxygen atoms in total. The molecule has 19 heavy (non-hydrogen) atoms. The van der Waals surface area contributed by atoms with E-state index in [4.69, 9.17) is 0 Å². The Bertz CT molecular complexity index is 510. The summed E-state index contributed by atoms with van der Waals surface area (Å²) in [5.41, 5.74) is 0.232. The fraction of sp³-hybridized carbons (Fsp3) is 0.667. The molecule has 0 aromatic carbocycles. The van der Waals surface area contributed by atoms with Crippen LogP contribution in [0.1, 0.15) is 19.3 Å². The summed E-state index contributed by atoms with van der Waals surface area (Å²) in [6.07, 6.45) is 3.21. The van der Waals surface area contributed by atoms with Crippen molar-refractivity contribution in [2.45, 2.75) is 23.5 Å². The lowest BCUT2D eigenvalue weighted by atomic mass is 9.78. The van der Waals surface area contributed by atoms with Gasteiger partial charge in [-0.1, -0.05) is 6.07 Å². The Balaban J connectivity index is 0.00000133. The maximum atomic E-state index is 12.4. The monoisotopic (exact) mass is 322 g/mol. The van der Waals surface area contributed by atoms with Gasteiger partial charge in [0.05, 0.1) is 0 Å². The fourth-order valence-electron chi connectivity index (χ4n) is 3.00. The molecule has 2 saturated heterocycles. The normalized spacial score (nSPS) is 23.4. The molecule has 0 bridgehead atoms. The van der Waals surface area contributed by atoms with Gasteiger partial charge in [-0.25, -0.2) is 8.42 Å². The molecular formula is C12H19ClN2O2S2. The zero-order valence-electron chi connectivity index (χ0n) is 10.7. The van der Waals surface area contributed by atoms with E-state index < -0.39 is 10.0 Å². The number of thiophene rings is 1. The van der Waals surface area contributed by atoms with Gasteiger partial charge in [0, 0.05) is 13.1 Å². The predicted molar refractivity (Wildman–Crippen MR) is 79.5 cm³/mol. The molecule has 1 aromatic rings. The molecule has 0 amide bonds. The van der Waals surface area contributed by atoms with E-state index in [0.717, 1.165) is 32.4 Å². The molecule has 1 aromatic heterocycles. The van der Waals surface area contributed by atoms with Gasteiger partial charge in [-0.2, -0.15) is 4.31 Å². The fourth-order valence-corrected chi connectivity index (χ4v) is 5.70. The van der Waals surface area contributed by atoms with Gasteiger partial charge < -0.3 is 5.32 Å². The lowest BCUT2D eigenvalue weighted by Gasteiger charge is -2.33. The smallest absolute Gasteiger partial charge is 0.252 e. The average Bonchev–Trinajstić information content (AvgIpc) is 3.00. The number of sulfonamides is 1. The van der Waals surface area contributed by atoms with Crippen LogP contribution in [0.5, 0.6) is 0 Å². The Morgan fingerprint density at radius 1 is 1.26 bits per heavy atom. The van der Waals surface area contributed by atoms with E-state index in [-0.39, 0.29) is 17.8 Å². The summed E-state index contributed by atoms with van der Waals surface area (Å²) in [4.78, 5) is 0. The van der Waals surface area contributed by atoms with Crippen LogP contribution in [0, 0.1) is 5.41 Å². The van der Waals surface area contributed by atoms with Crippen LogP contribution in [0.4, 0.5) is 0 Å². The first kappa shape index (κ1) is 15.3. The standard InChI is InChI=1S/C12H18N2O2S2.ClH/c15-18(16,11-2-1-9-17-11)14-8-5-12(10-14)3-6-13-7-4-12;/h1-2,9,13H,3-8,10H2;1H. The highest BCUT2D eigenvalue weighted by atomic mass is 35.5. The van der Waals surface area contributed by atoms with Gasteiger partial charge in [0.15, 0.2) is 0 Å². The molecule has 0 radical (unpaired) electrons. The van der Waals surface area contributed by atoms with Gasteiger partial charge in [-0.05, 0) is 49.2 Å². The first-order chi connectivity index (χ1) is 8.62. The Labute approximate surface area is 124 Å². The first-order valence-corrected chi connectivity index (χ1v) is 8.69. The molecule has 3 heterocycles. The van der Waals surface area contributed by atoms with E-state index in [1.807, 2.05) is 5.38 Å². The van der Waals surface area contributed by atoms with Crippen LogP contribution >= 0.6 is 23.7 Å². The van der Waals surface area contributed by atoms with Crippen LogP contribution < -0.4 is 5.32 Å². The quantitative estimate of drug-likeness (QED) is 0.905. The Morgan fingerprint density at radius 3 is 2.63 bits per heavy atom. The van der Waals surface area contributed by atoms with Crippen molar-refractivity contribution in [3.63, 3.8) is 0 Å². The van der Waals surface area contributed by atoms with Crippen molar-refractivity contribution < 1.29 is 8.42 Å². The summed E-state index contributed by atoms with van der Waals surface area (Å²) in [6, 6.07) is 3.50. The minimum Gasteiger partial charge on any atom is -0.317 e. The van der Waals surface area contributed by atoms with Crippen LogP contribution in [-0.2, 0) is 10.0 Å². The number of nitrogens with one attached hydrogen (secondary N) is 1. The van der Waals surface area contributed by atoms with Crippen molar-refractivity contribution in [1.82, 2.24) is 9.62 Å². The number of nitrogens with zero attached hydrogens (tertiary/aromatic N) is 1. The van der Waals surface area contributed by atoms with E-state index in [1.165, 1.54) is 11.3 Å². The second-order valence-corrected chi connectivity index (χ2v) is 8.38. The maximum Gasteiger partial charge on any atom is 0.252 e. The van der Waals surface area contributed by atoms with Gasteiger partial charge in [0.1, 0.15) is 4.21 Å². The summed E-state index contributed by atoms with van der Waals surface area (Å²) in [7, 11) is -3.24. The molecule has 2 fully saturated rings. The van der Waals surface area contributed by atoms with Crippen molar-refractivity contribution in [2.24, 2.45) is 5.41 Å². The molecule has 2 aliphatic rings. The molecule has 0 saturated carbocycles. The Morgan fingerprint density at radius 2 is 2.00 bits per heavy atom. The molecule has 7 heteroatoms. The molecule has 0 aliphatic carbocycles. The van der Waals surface area contributed by atoms with Crippen molar-refractivity contribution in [3.8, 4) is 0 Å². The highest BCUT2D eigenvalue weighted by Crippen LogP contribution is 2.40. The summed E-state index contributed by atoms with van der Waals surface area (Å²) < 4.78 is 27.0. The van der Waals surface area contributed by atoms with E-state index in [2.05, 4.69) is 5.32 Å². The SMILES string of the molecule is Cl.O=S(=O)(c1cccs1)N1CCC2(CCNCC2)C1. The van der Waals surface area contributed by atoms with Crippen molar-refractivity contribution in [2.75, 3.05) is 26.2 Å². The lowest BCUT2D eigenvalue weighted by molar-refractivity contribution is 0.218. The van der Waals surface area contributed by atoms with Gasteiger partial charge in [-0.3, -0.25) is 0 Å². The number of hydrogen-bond donors (Lipinski definition) is 1. The Hall–Kier alpha value is -0.140. The lowest BCUT2D eigenvalue weighted by Crippen LogP contribution is -2.39. The van der Waals surface area contributed by atoms with E-state index in [0.29, 0.717) is 17.3 Å². The highest BCUT2D eigenvalue weighted by Gasteiger charge is 2.43. The van der Waals surface area contributed by atoms with Gasteiger partial charge in [-0.15, -0.1) is 23.7 Å². The van der Waals surface area contributed by atoms with Gasteiger partial charge in [0.25, 0.3) is 10.0 Å². The first-order valence-electron chi connectivity index (χ1n) is 6.37. The largest absolute Gasteiger partial charge is 0.317 e. The van der Waals surface area contributed by atoms with Crippen LogP contribution in [0.2, 0.25) is 0 Å². The van der Waals surface area contributed by atoms with Gasteiger partial charge >= 0.3 is 0 Å². The van der Waals surface area contributed by atoms with Crippen LogP contribution in [0.25, 0.3) is 0 Å². The molecular weight excluding hydrogens is 304 g/mol. The second-order valence-electron chi connectivity index (χ2n) is 5.27. The molecule has 108 valence electrons. The third kappa shape index (κ3) is 2.83. The summed E-state index contributed by atoms with van der Waals surface area (Å²) in [5, 5.41) is 5.17. The molecule has 0 atom stereocenters. The molecule has 0 unspecified atom stereocenters. The minimum atomic E-state index is -3.24. The number of piperidine rings is 1. The highest BCUT2D eigenvalue weighted by molar-refractivity contribution is 7.91. The molecule has 1 N–H and O–H groups in total. The number of rotatable bonds is 2. The zero-order valence-corrected chi connectivity index (χ0v) is 13.1. The number of halogens is 1. The van der Waals surface area contributed by atoms with Crippen LogP contribution in [0.3, 0.4) is 0 Å². The summed E-state index contributed by atoms with van der Waals surface area (Å²) in [6.45, 7) is 3.43. The third-order valence-electron chi connectivity index (χ3n) is 4.16. The minimum absolute atomic E-state index is 0. The van der Waals surface area contributed by atoms with Crippen molar-refractivity contribution >= 4 is 33.8 Å². The summed E-state index contributed by atoms with van der Waals surface area (Å²) in [5.74, 6) is 0. The number of hydrogen-bond acceptors (Lipinski definition) is 4. The average molecular weight is 323 g/mol. The molecule has 3 rings (SSSR count). The topological polar surface area (TPSA) is 49.4 Å². The van der Waals surface area contributed by atoms with Crippen LogP contribution in [0.15, 0.2) is 21.7 Å². The van der Waals surface area contributed by atoms with E-state index >= 15 is 0 Å². The second kappa shape index (κ2) is 5.69. The van der Waals surface area contributed by atoms with Crippen molar-refractivity contribution in [3.05, 3.63) is 17.5 Å². The Kier molecular flexibility index (Phi) is 4.57. The van der Waals surface area contributed by atoms with Crippen LogP contribution in [-0.4, -0.2) is 38.9 Å².